The average molecular weight is 608 g/mol. The second kappa shape index (κ2) is 12.7. The number of allylic oxidation sites excluding steroid dienone is 2. The number of hydrogen-bond acceptors (Lipinski definition) is 1. The third-order valence-electron chi connectivity index (χ3n) is 6.08. The zero-order chi connectivity index (χ0) is 31.5. The smallest absolute Gasteiger partial charge is 0.429 e. The molecule has 0 bridgehead atoms. The van der Waals surface area contributed by atoms with E-state index in [9.17, 15) is 43.9 Å². The lowest BCUT2D eigenvalue weighted by Crippen LogP contribution is -2.25. The molecule has 0 atom stereocenters. The van der Waals surface area contributed by atoms with Crippen molar-refractivity contribution in [1.82, 2.24) is 0 Å². The Morgan fingerprint density at radius 3 is 1.86 bits per heavy atom. The van der Waals surface area contributed by atoms with Crippen LogP contribution in [0.2, 0.25) is 0 Å². The molecule has 43 heavy (non-hydrogen) atoms. The van der Waals surface area contributed by atoms with Crippen LogP contribution in [0.4, 0.5) is 43.9 Å². The summed E-state index contributed by atoms with van der Waals surface area (Å²) < 4.78 is 147. The van der Waals surface area contributed by atoms with Gasteiger partial charge < -0.3 is 4.74 Å². The lowest BCUT2D eigenvalue weighted by atomic mass is 10.0. The number of benzene rings is 4. The molecular formula is C32H18F10O. The van der Waals surface area contributed by atoms with E-state index in [1.54, 1.807) is 19.1 Å². The van der Waals surface area contributed by atoms with Crippen LogP contribution in [0.1, 0.15) is 35.6 Å². The molecule has 11 heteroatoms. The highest BCUT2D eigenvalue weighted by Crippen LogP contribution is 2.37. The Bertz CT molecular complexity index is 1710. The molecular weight excluding hydrogens is 590 g/mol. The maximum Gasteiger partial charge on any atom is 0.432 e. The van der Waals surface area contributed by atoms with Crippen LogP contribution in [0.5, 0.6) is 5.75 Å². The average Bonchev–Trinajstić information content (AvgIpc) is 2.90. The van der Waals surface area contributed by atoms with Crippen molar-refractivity contribution in [1.29, 1.82) is 0 Å². The van der Waals surface area contributed by atoms with Gasteiger partial charge >= 0.3 is 6.11 Å². The van der Waals surface area contributed by atoms with Crippen molar-refractivity contribution in [2.45, 2.75) is 25.9 Å². The first-order valence-electron chi connectivity index (χ1n) is 12.4. The minimum absolute atomic E-state index is 0.352. The maximum atomic E-state index is 14.8. The van der Waals surface area contributed by atoms with Gasteiger partial charge in [0, 0.05) is 17.2 Å². The minimum atomic E-state index is -4.71. The van der Waals surface area contributed by atoms with Crippen LogP contribution in [0.15, 0.2) is 66.7 Å². The maximum absolute atomic E-state index is 14.8. The van der Waals surface area contributed by atoms with Crippen molar-refractivity contribution >= 4 is 0 Å². The molecule has 1 nitrogen and oxygen atoms in total. The highest BCUT2D eigenvalue weighted by atomic mass is 19.3. The Labute approximate surface area is 239 Å². The zero-order valence-corrected chi connectivity index (χ0v) is 22.0. The van der Waals surface area contributed by atoms with E-state index in [0.29, 0.717) is 48.7 Å². The molecule has 0 unspecified atom stereocenters. The van der Waals surface area contributed by atoms with E-state index in [-0.39, 0.29) is 0 Å². The monoisotopic (exact) mass is 608 g/mol. The van der Waals surface area contributed by atoms with Crippen LogP contribution in [-0.4, -0.2) is 0 Å². The molecule has 4 aromatic carbocycles. The largest absolute Gasteiger partial charge is 0.432 e. The fourth-order valence-corrected chi connectivity index (χ4v) is 4.07. The van der Waals surface area contributed by atoms with E-state index in [0.717, 1.165) is 24.3 Å². The third kappa shape index (κ3) is 7.02. The van der Waals surface area contributed by atoms with E-state index in [2.05, 4.69) is 16.6 Å². The van der Waals surface area contributed by atoms with Gasteiger partial charge in [0.15, 0.2) is 17.5 Å². The molecule has 0 heterocycles. The molecule has 0 aromatic heterocycles. The van der Waals surface area contributed by atoms with Gasteiger partial charge in [0.1, 0.15) is 40.4 Å². The van der Waals surface area contributed by atoms with Gasteiger partial charge in [-0.2, -0.15) is 8.78 Å². The van der Waals surface area contributed by atoms with E-state index in [1.807, 2.05) is 0 Å². The van der Waals surface area contributed by atoms with E-state index in [1.165, 1.54) is 0 Å². The van der Waals surface area contributed by atoms with Gasteiger partial charge in [-0.15, -0.1) is 0 Å². The molecule has 0 amide bonds. The Morgan fingerprint density at radius 1 is 0.698 bits per heavy atom. The number of alkyl halides is 2. The molecule has 0 radical (unpaired) electrons. The summed E-state index contributed by atoms with van der Waals surface area (Å²) in [6.45, 7) is 1.79. The van der Waals surface area contributed by atoms with Gasteiger partial charge in [-0.25, -0.2) is 35.1 Å². The molecule has 4 rings (SSSR count). The van der Waals surface area contributed by atoms with Crippen molar-refractivity contribution in [3.63, 3.8) is 0 Å². The predicted molar refractivity (Wildman–Crippen MR) is 138 cm³/mol. The summed E-state index contributed by atoms with van der Waals surface area (Å²) in [5.41, 5.74) is -3.70. The molecule has 0 spiro atoms. The Balaban J connectivity index is 1.57. The Hall–Kier alpha value is -4.72. The Kier molecular flexibility index (Phi) is 9.19. The summed E-state index contributed by atoms with van der Waals surface area (Å²) in [6.07, 6.45) is -0.228. The van der Waals surface area contributed by atoms with Crippen molar-refractivity contribution in [3.8, 4) is 28.7 Å². The Morgan fingerprint density at radius 2 is 1.30 bits per heavy atom. The molecule has 0 aliphatic carbocycles. The quantitative estimate of drug-likeness (QED) is 0.0879. The van der Waals surface area contributed by atoms with Gasteiger partial charge in [0.05, 0.1) is 5.56 Å². The first-order valence-corrected chi connectivity index (χ1v) is 12.4. The number of aryl methyl sites for hydroxylation is 1. The molecule has 0 aliphatic rings. The topological polar surface area (TPSA) is 9.23 Å². The highest BCUT2D eigenvalue weighted by Gasteiger charge is 2.41. The van der Waals surface area contributed by atoms with Gasteiger partial charge in [-0.3, -0.25) is 0 Å². The summed E-state index contributed by atoms with van der Waals surface area (Å²) >= 11 is 0. The first kappa shape index (κ1) is 31.2. The SMILES string of the molecule is C/C=C/CCc1cc(F)c(C#Cc2cc(F)c(C(F)(F)Oc3ccc(-c4cc(F)c(F)c(F)c4)c(F)c3)c(F)c2)c(F)c1. The molecule has 0 saturated heterocycles. The van der Waals surface area contributed by atoms with Gasteiger partial charge in [0.25, 0.3) is 0 Å². The lowest BCUT2D eigenvalue weighted by Gasteiger charge is -2.20. The van der Waals surface area contributed by atoms with Gasteiger partial charge in [-0.05, 0) is 79.4 Å². The predicted octanol–water partition coefficient (Wildman–Crippen LogP) is 9.50. The molecule has 4 aromatic rings. The summed E-state index contributed by atoms with van der Waals surface area (Å²) in [4.78, 5) is 0. The molecule has 0 saturated carbocycles. The summed E-state index contributed by atoms with van der Waals surface area (Å²) in [7, 11) is 0. The van der Waals surface area contributed by atoms with Crippen molar-refractivity contribution < 1.29 is 48.6 Å². The van der Waals surface area contributed by atoms with Crippen LogP contribution in [-0.2, 0) is 12.5 Å². The lowest BCUT2D eigenvalue weighted by molar-refractivity contribution is -0.189. The molecule has 0 aliphatic heterocycles. The van der Waals surface area contributed by atoms with Gasteiger partial charge in [-0.1, -0.05) is 24.0 Å². The highest BCUT2D eigenvalue weighted by molar-refractivity contribution is 5.65. The standard InChI is InChI=1S/C32H18F10O/c1-2-3-4-5-17-10-23(33)22(24(34)11-17)8-6-18-12-26(36)30(27(37)13-18)32(41,42)43-20-7-9-21(25(35)16-20)19-14-28(38)31(40)29(39)15-19/h2-3,7,9-16H,4-5H2,1H3/b3-2+. The van der Waals surface area contributed by atoms with Crippen LogP contribution < -0.4 is 4.74 Å². The second-order valence-electron chi connectivity index (χ2n) is 9.12. The van der Waals surface area contributed by atoms with E-state index < -0.39 is 86.2 Å². The van der Waals surface area contributed by atoms with Crippen LogP contribution in [0.25, 0.3) is 11.1 Å². The summed E-state index contributed by atoms with van der Waals surface area (Å²) in [6, 6.07) is 5.75. The fraction of sp³-hybridized carbons (Fsp3) is 0.125. The van der Waals surface area contributed by atoms with Crippen molar-refractivity contribution in [2.75, 3.05) is 0 Å². The van der Waals surface area contributed by atoms with E-state index in [4.69, 9.17) is 0 Å². The number of hydrogen-bond donors (Lipinski definition) is 0. The second-order valence-corrected chi connectivity index (χ2v) is 9.12. The zero-order valence-electron chi connectivity index (χ0n) is 22.0. The minimum Gasteiger partial charge on any atom is -0.429 e. The van der Waals surface area contributed by atoms with Crippen molar-refractivity contribution in [2.24, 2.45) is 0 Å². The van der Waals surface area contributed by atoms with Crippen molar-refractivity contribution in [3.05, 3.63) is 136 Å². The fourth-order valence-electron chi connectivity index (χ4n) is 4.07. The molecule has 0 fully saturated rings. The normalized spacial score (nSPS) is 11.5. The van der Waals surface area contributed by atoms with Crippen LogP contribution in [0.3, 0.4) is 0 Å². The van der Waals surface area contributed by atoms with E-state index >= 15 is 0 Å². The summed E-state index contributed by atoms with van der Waals surface area (Å²) in [5.74, 6) is -8.75. The molecule has 222 valence electrons. The van der Waals surface area contributed by atoms with Crippen LogP contribution >= 0.6 is 0 Å². The number of ether oxygens (including phenoxy) is 1. The van der Waals surface area contributed by atoms with Crippen LogP contribution in [0, 0.1) is 58.4 Å². The number of halogens is 10. The summed E-state index contributed by atoms with van der Waals surface area (Å²) in [5, 5.41) is 0. The number of rotatable bonds is 7. The first-order chi connectivity index (χ1) is 20.3. The molecule has 0 N–H and O–H groups in total. The third-order valence-corrected chi connectivity index (χ3v) is 6.08. The van der Waals surface area contributed by atoms with Gasteiger partial charge in [0.2, 0.25) is 0 Å².